The monoisotopic (exact) mass is 356 g/mol. The van der Waals surface area contributed by atoms with Crippen molar-refractivity contribution in [3.63, 3.8) is 0 Å². The smallest absolute Gasteiger partial charge is 0.271 e. The topological polar surface area (TPSA) is 90.7 Å². The molecule has 0 saturated heterocycles. The maximum Gasteiger partial charge on any atom is 0.271 e. The first-order chi connectivity index (χ1) is 11.3. The van der Waals surface area contributed by atoms with Crippen LogP contribution in [0.4, 0.5) is 10.3 Å². The lowest BCUT2D eigenvalue weighted by molar-refractivity contribution is 0.341. The first-order valence-corrected chi connectivity index (χ1v) is 8.69. The fraction of sp³-hybridized carbons (Fsp3) is 0.400. The SMILES string of the molecule is COc1ccc(F)c(S(=O)(=O)Nc2cc(C3(C)CC3)no2)c1OC. The first kappa shape index (κ1) is 16.6. The van der Waals surface area contributed by atoms with E-state index in [0.717, 1.165) is 18.9 Å². The summed E-state index contributed by atoms with van der Waals surface area (Å²) in [6, 6.07) is 3.79. The number of halogens is 1. The number of benzene rings is 1. The number of sulfonamides is 1. The van der Waals surface area contributed by atoms with Crippen LogP contribution in [0.1, 0.15) is 25.5 Å². The van der Waals surface area contributed by atoms with Gasteiger partial charge in [0.25, 0.3) is 10.0 Å². The number of rotatable bonds is 6. The third-order valence-electron chi connectivity index (χ3n) is 4.08. The van der Waals surface area contributed by atoms with Gasteiger partial charge >= 0.3 is 0 Å². The molecule has 0 spiro atoms. The van der Waals surface area contributed by atoms with Gasteiger partial charge in [-0.3, -0.25) is 0 Å². The summed E-state index contributed by atoms with van der Waals surface area (Å²) in [4.78, 5) is -0.653. The zero-order valence-electron chi connectivity index (χ0n) is 13.4. The normalized spacial score (nSPS) is 15.8. The van der Waals surface area contributed by atoms with Crippen LogP contribution >= 0.6 is 0 Å². The van der Waals surface area contributed by atoms with Gasteiger partial charge in [-0.1, -0.05) is 12.1 Å². The van der Waals surface area contributed by atoms with E-state index in [1.807, 2.05) is 6.92 Å². The highest BCUT2D eigenvalue weighted by Gasteiger charge is 2.42. The highest BCUT2D eigenvalue weighted by Crippen LogP contribution is 2.47. The van der Waals surface area contributed by atoms with Gasteiger partial charge in [0.1, 0.15) is 5.82 Å². The number of ether oxygens (including phenoxy) is 2. The lowest BCUT2D eigenvalue weighted by Crippen LogP contribution is -2.16. The van der Waals surface area contributed by atoms with E-state index in [1.54, 1.807) is 0 Å². The van der Waals surface area contributed by atoms with Gasteiger partial charge in [0.2, 0.25) is 5.88 Å². The van der Waals surface area contributed by atoms with E-state index >= 15 is 0 Å². The van der Waals surface area contributed by atoms with Crippen molar-refractivity contribution in [2.24, 2.45) is 0 Å². The Balaban J connectivity index is 1.97. The highest BCUT2D eigenvalue weighted by atomic mass is 32.2. The Kier molecular flexibility index (Phi) is 3.90. The standard InChI is InChI=1S/C15H17FN2O5S/c1-15(6-7-15)11-8-12(23-17-11)18-24(19,20)14-9(16)4-5-10(21-2)13(14)22-3/h4-5,8,18H,6-7H2,1-3H3. The predicted molar refractivity (Wildman–Crippen MR) is 83.4 cm³/mol. The maximum atomic E-state index is 14.2. The van der Waals surface area contributed by atoms with Crippen molar-refractivity contribution >= 4 is 15.9 Å². The molecule has 130 valence electrons. The lowest BCUT2D eigenvalue weighted by Gasteiger charge is -2.13. The molecule has 1 aliphatic rings. The van der Waals surface area contributed by atoms with Crippen molar-refractivity contribution < 1.29 is 26.8 Å². The fourth-order valence-corrected chi connectivity index (χ4v) is 3.58. The second-order valence-corrected chi connectivity index (χ2v) is 7.47. The van der Waals surface area contributed by atoms with Crippen LogP contribution in [-0.2, 0) is 15.4 Å². The molecule has 0 bridgehead atoms. The summed E-state index contributed by atoms with van der Waals surface area (Å²) >= 11 is 0. The van der Waals surface area contributed by atoms with Crippen LogP contribution in [0.5, 0.6) is 11.5 Å². The fourth-order valence-electron chi connectivity index (χ4n) is 2.36. The minimum atomic E-state index is -4.29. The molecule has 1 fully saturated rings. The van der Waals surface area contributed by atoms with Gasteiger partial charge in [0.05, 0.1) is 19.9 Å². The van der Waals surface area contributed by atoms with E-state index in [0.29, 0.717) is 5.69 Å². The first-order valence-electron chi connectivity index (χ1n) is 7.21. The van der Waals surface area contributed by atoms with Crippen molar-refractivity contribution in [1.82, 2.24) is 5.16 Å². The Hall–Kier alpha value is -2.29. The van der Waals surface area contributed by atoms with Gasteiger partial charge < -0.3 is 14.0 Å². The molecule has 1 aromatic heterocycles. The largest absolute Gasteiger partial charge is 0.493 e. The molecule has 0 unspecified atom stereocenters. The zero-order valence-corrected chi connectivity index (χ0v) is 14.2. The molecule has 9 heteroatoms. The van der Waals surface area contributed by atoms with Crippen molar-refractivity contribution in [2.75, 3.05) is 18.9 Å². The van der Waals surface area contributed by atoms with Crippen LogP contribution in [-0.4, -0.2) is 27.8 Å². The van der Waals surface area contributed by atoms with E-state index in [9.17, 15) is 12.8 Å². The number of nitrogens with zero attached hydrogens (tertiary/aromatic N) is 1. The zero-order chi connectivity index (χ0) is 17.5. The molecular weight excluding hydrogens is 339 g/mol. The molecule has 0 atom stereocenters. The molecule has 0 aliphatic heterocycles. The molecule has 1 saturated carbocycles. The van der Waals surface area contributed by atoms with Crippen molar-refractivity contribution in [3.05, 3.63) is 29.7 Å². The quantitative estimate of drug-likeness (QED) is 0.856. The van der Waals surface area contributed by atoms with Crippen molar-refractivity contribution in [3.8, 4) is 11.5 Å². The molecule has 1 N–H and O–H groups in total. The van der Waals surface area contributed by atoms with E-state index < -0.39 is 20.7 Å². The molecule has 1 aliphatic carbocycles. The number of nitrogens with one attached hydrogen (secondary N) is 1. The summed E-state index contributed by atoms with van der Waals surface area (Å²) in [5.41, 5.74) is 0.588. The average Bonchev–Trinajstić information content (AvgIpc) is 3.11. The second kappa shape index (κ2) is 5.66. The molecule has 24 heavy (non-hydrogen) atoms. The molecule has 0 amide bonds. The summed E-state index contributed by atoms with van der Waals surface area (Å²) in [7, 11) is -1.73. The lowest BCUT2D eigenvalue weighted by atomic mass is 10.1. The van der Waals surface area contributed by atoms with Gasteiger partial charge in [-0.25, -0.2) is 17.5 Å². The number of anilines is 1. The van der Waals surface area contributed by atoms with Gasteiger partial charge in [-0.05, 0) is 25.0 Å². The van der Waals surface area contributed by atoms with Gasteiger partial charge in [-0.15, -0.1) is 0 Å². The Morgan fingerprint density at radius 3 is 2.58 bits per heavy atom. The number of aromatic nitrogens is 1. The number of hydrogen-bond acceptors (Lipinski definition) is 6. The molecular formula is C15H17FN2O5S. The van der Waals surface area contributed by atoms with Crippen LogP contribution in [0.3, 0.4) is 0 Å². The number of methoxy groups -OCH3 is 2. The summed E-state index contributed by atoms with van der Waals surface area (Å²) in [5, 5.41) is 3.87. The average molecular weight is 356 g/mol. The van der Waals surface area contributed by atoms with Crippen LogP contribution in [0.15, 0.2) is 27.6 Å². The van der Waals surface area contributed by atoms with Crippen LogP contribution in [0.25, 0.3) is 0 Å². The Labute approximate surface area is 138 Å². The third-order valence-corrected chi connectivity index (χ3v) is 5.47. The molecule has 3 rings (SSSR count). The Morgan fingerprint density at radius 1 is 1.29 bits per heavy atom. The summed E-state index contributed by atoms with van der Waals surface area (Å²) < 4.78 is 56.5. The maximum absolute atomic E-state index is 14.2. The van der Waals surface area contributed by atoms with Crippen LogP contribution < -0.4 is 14.2 Å². The summed E-state index contributed by atoms with van der Waals surface area (Å²) in [6.07, 6.45) is 1.92. The molecule has 1 aromatic carbocycles. The number of hydrogen-bond donors (Lipinski definition) is 1. The van der Waals surface area contributed by atoms with Crippen molar-refractivity contribution in [2.45, 2.75) is 30.1 Å². The molecule has 2 aromatic rings. The van der Waals surface area contributed by atoms with Crippen molar-refractivity contribution in [1.29, 1.82) is 0 Å². The van der Waals surface area contributed by atoms with E-state index in [1.165, 1.54) is 26.4 Å². The van der Waals surface area contributed by atoms with Gasteiger partial charge in [0, 0.05) is 11.5 Å². The minimum absolute atomic E-state index is 0.0773. The van der Waals surface area contributed by atoms with E-state index in [4.69, 9.17) is 14.0 Å². The van der Waals surface area contributed by atoms with E-state index in [2.05, 4.69) is 9.88 Å². The molecule has 7 nitrogen and oxygen atoms in total. The van der Waals surface area contributed by atoms with Gasteiger partial charge in [-0.2, -0.15) is 0 Å². The predicted octanol–water partition coefficient (Wildman–Crippen LogP) is 2.68. The molecule has 1 heterocycles. The highest BCUT2D eigenvalue weighted by molar-refractivity contribution is 7.92. The molecule has 0 radical (unpaired) electrons. The Bertz CT molecular complexity index is 874. The van der Waals surface area contributed by atoms with Crippen LogP contribution in [0.2, 0.25) is 0 Å². The Morgan fingerprint density at radius 2 is 2.00 bits per heavy atom. The third kappa shape index (κ3) is 2.79. The van der Waals surface area contributed by atoms with Crippen LogP contribution in [0, 0.1) is 5.82 Å². The summed E-state index contributed by atoms with van der Waals surface area (Å²) in [5.74, 6) is -1.17. The van der Waals surface area contributed by atoms with Gasteiger partial charge in [0.15, 0.2) is 16.4 Å². The summed E-state index contributed by atoms with van der Waals surface area (Å²) in [6.45, 7) is 2.01. The second-order valence-electron chi connectivity index (χ2n) is 5.85. The minimum Gasteiger partial charge on any atom is -0.493 e. The van der Waals surface area contributed by atoms with E-state index in [-0.39, 0.29) is 22.8 Å².